The Labute approximate surface area is 114 Å². The van der Waals surface area contributed by atoms with Crippen LogP contribution in [0.2, 0.25) is 0 Å². The average Bonchev–Trinajstić information content (AvgIpc) is 2.84. The van der Waals surface area contributed by atoms with Gasteiger partial charge in [-0.25, -0.2) is 4.98 Å². The first-order valence-electron chi connectivity index (χ1n) is 6.57. The summed E-state index contributed by atoms with van der Waals surface area (Å²) in [5, 5.41) is 3.22. The Morgan fingerprint density at radius 2 is 2.05 bits per heavy atom. The zero-order valence-corrected chi connectivity index (χ0v) is 11.8. The normalized spacial score (nSPS) is 12.4. The van der Waals surface area contributed by atoms with Crippen LogP contribution < -0.4 is 10.1 Å². The lowest BCUT2D eigenvalue weighted by atomic mass is 10.1. The van der Waals surface area contributed by atoms with Gasteiger partial charge in [0.2, 0.25) is 0 Å². The highest BCUT2D eigenvalue weighted by Crippen LogP contribution is 2.17. The maximum Gasteiger partial charge on any atom is 0.119 e. The number of nitrogens with one attached hydrogen (secondary N) is 1. The van der Waals surface area contributed by atoms with Crippen molar-refractivity contribution in [2.24, 2.45) is 7.05 Å². The van der Waals surface area contributed by atoms with E-state index in [-0.39, 0.29) is 0 Å². The first kappa shape index (κ1) is 13.6. The lowest BCUT2D eigenvalue weighted by Gasteiger charge is -2.11. The fourth-order valence-corrected chi connectivity index (χ4v) is 1.92. The highest BCUT2D eigenvalue weighted by molar-refractivity contribution is 5.28. The summed E-state index contributed by atoms with van der Waals surface area (Å²) in [7, 11) is 3.96. The molecule has 102 valence electrons. The van der Waals surface area contributed by atoms with Gasteiger partial charge in [0.1, 0.15) is 11.6 Å². The second kappa shape index (κ2) is 6.38. The third-order valence-electron chi connectivity index (χ3n) is 3.33. The van der Waals surface area contributed by atoms with E-state index in [1.54, 1.807) is 0 Å². The lowest BCUT2D eigenvalue weighted by Crippen LogP contribution is -2.12. The summed E-state index contributed by atoms with van der Waals surface area (Å²) >= 11 is 0. The van der Waals surface area contributed by atoms with Crippen LogP contribution in [0.25, 0.3) is 0 Å². The van der Waals surface area contributed by atoms with Crippen molar-refractivity contribution in [3.63, 3.8) is 0 Å². The van der Waals surface area contributed by atoms with E-state index in [4.69, 9.17) is 4.74 Å². The molecule has 0 aliphatic carbocycles. The van der Waals surface area contributed by atoms with Crippen LogP contribution in [0.5, 0.6) is 5.75 Å². The van der Waals surface area contributed by atoms with Crippen LogP contribution in [0.15, 0.2) is 36.7 Å². The van der Waals surface area contributed by atoms with Gasteiger partial charge in [-0.1, -0.05) is 12.1 Å². The van der Waals surface area contributed by atoms with Crippen molar-refractivity contribution >= 4 is 0 Å². The summed E-state index contributed by atoms with van der Waals surface area (Å²) in [5.74, 6) is 1.95. The predicted octanol–water partition coefficient (Wildman–Crippen LogP) is 2.32. The van der Waals surface area contributed by atoms with Crippen molar-refractivity contribution in [2.75, 3.05) is 13.7 Å². The summed E-state index contributed by atoms with van der Waals surface area (Å²) in [6, 6.07) is 8.58. The molecule has 2 aromatic rings. The fourth-order valence-electron chi connectivity index (χ4n) is 1.92. The number of aromatic nitrogens is 2. The zero-order valence-electron chi connectivity index (χ0n) is 11.8. The van der Waals surface area contributed by atoms with Crippen LogP contribution >= 0.6 is 0 Å². The number of ether oxygens (including phenoxy) is 1. The molecule has 4 heteroatoms. The maximum atomic E-state index is 5.73. The van der Waals surface area contributed by atoms with Crippen molar-refractivity contribution in [3.05, 3.63) is 48.0 Å². The summed E-state index contributed by atoms with van der Waals surface area (Å²) in [6.07, 6.45) is 4.57. The molecule has 0 bridgehead atoms. The van der Waals surface area contributed by atoms with Crippen LogP contribution in [0, 0.1) is 0 Å². The van der Waals surface area contributed by atoms with Crippen LogP contribution in [0.4, 0.5) is 0 Å². The van der Waals surface area contributed by atoms with Gasteiger partial charge in [-0.05, 0) is 31.7 Å². The number of imidazole rings is 1. The van der Waals surface area contributed by atoms with E-state index < -0.39 is 0 Å². The van der Waals surface area contributed by atoms with E-state index in [2.05, 4.69) is 29.4 Å². The van der Waals surface area contributed by atoms with Gasteiger partial charge >= 0.3 is 0 Å². The van der Waals surface area contributed by atoms with Gasteiger partial charge in [-0.3, -0.25) is 0 Å². The molecule has 1 aromatic heterocycles. The van der Waals surface area contributed by atoms with Crippen LogP contribution in [-0.4, -0.2) is 23.2 Å². The standard InChI is InChI=1S/C15H21N3O/c1-12(16-2)13-4-6-14(7-5-13)19-11-8-15-17-9-10-18(15)3/h4-7,9-10,12,16H,8,11H2,1-3H3. The quantitative estimate of drug-likeness (QED) is 0.865. The third-order valence-corrected chi connectivity index (χ3v) is 3.33. The van der Waals surface area contributed by atoms with Gasteiger partial charge < -0.3 is 14.6 Å². The minimum Gasteiger partial charge on any atom is -0.493 e. The zero-order chi connectivity index (χ0) is 13.7. The van der Waals surface area contributed by atoms with Gasteiger partial charge in [0.05, 0.1) is 6.61 Å². The van der Waals surface area contributed by atoms with Crippen molar-refractivity contribution in [1.29, 1.82) is 0 Å². The van der Waals surface area contributed by atoms with Gasteiger partial charge in [0.15, 0.2) is 0 Å². The number of hydrogen-bond acceptors (Lipinski definition) is 3. The van der Waals surface area contributed by atoms with Crippen molar-refractivity contribution in [2.45, 2.75) is 19.4 Å². The van der Waals surface area contributed by atoms with Crippen molar-refractivity contribution in [1.82, 2.24) is 14.9 Å². The van der Waals surface area contributed by atoms with Gasteiger partial charge in [-0.15, -0.1) is 0 Å². The molecule has 1 atom stereocenters. The fraction of sp³-hybridized carbons (Fsp3) is 0.400. The predicted molar refractivity (Wildman–Crippen MR) is 76.3 cm³/mol. The van der Waals surface area contributed by atoms with Crippen molar-refractivity contribution in [3.8, 4) is 5.75 Å². The monoisotopic (exact) mass is 259 g/mol. The maximum absolute atomic E-state index is 5.73. The Hall–Kier alpha value is -1.81. The second-order valence-electron chi connectivity index (χ2n) is 4.63. The molecule has 0 saturated heterocycles. The Morgan fingerprint density at radius 3 is 2.63 bits per heavy atom. The molecule has 0 aliphatic rings. The first-order valence-corrected chi connectivity index (χ1v) is 6.57. The molecule has 1 N–H and O–H groups in total. The third kappa shape index (κ3) is 3.58. The first-order chi connectivity index (χ1) is 9.20. The largest absolute Gasteiger partial charge is 0.493 e. The molecule has 0 amide bonds. The summed E-state index contributed by atoms with van der Waals surface area (Å²) < 4.78 is 7.74. The molecule has 0 radical (unpaired) electrons. The molecule has 0 fully saturated rings. The SMILES string of the molecule is CNC(C)c1ccc(OCCc2nccn2C)cc1. The highest BCUT2D eigenvalue weighted by Gasteiger charge is 2.03. The number of hydrogen-bond donors (Lipinski definition) is 1. The number of aryl methyl sites for hydroxylation is 1. The molecule has 0 spiro atoms. The highest BCUT2D eigenvalue weighted by atomic mass is 16.5. The number of nitrogens with zero attached hydrogens (tertiary/aromatic N) is 2. The van der Waals surface area contributed by atoms with E-state index in [1.165, 1.54) is 5.56 Å². The summed E-state index contributed by atoms with van der Waals surface area (Å²) in [5.41, 5.74) is 1.26. The van der Waals surface area contributed by atoms with Crippen molar-refractivity contribution < 1.29 is 4.74 Å². The number of benzene rings is 1. The Balaban J connectivity index is 1.85. The molecular weight excluding hydrogens is 238 g/mol. The number of rotatable bonds is 6. The average molecular weight is 259 g/mol. The van der Waals surface area contributed by atoms with Gasteiger partial charge in [0, 0.05) is 31.9 Å². The van der Waals surface area contributed by atoms with E-state index in [0.717, 1.165) is 18.0 Å². The lowest BCUT2D eigenvalue weighted by molar-refractivity contribution is 0.317. The molecule has 1 unspecified atom stereocenters. The van der Waals surface area contributed by atoms with E-state index in [1.807, 2.05) is 43.2 Å². The van der Waals surface area contributed by atoms with Gasteiger partial charge in [-0.2, -0.15) is 0 Å². The molecule has 2 rings (SSSR count). The van der Waals surface area contributed by atoms with Gasteiger partial charge in [0.25, 0.3) is 0 Å². The Bertz CT molecular complexity index is 504. The molecule has 0 aliphatic heterocycles. The Morgan fingerprint density at radius 1 is 1.32 bits per heavy atom. The molecule has 4 nitrogen and oxygen atoms in total. The minimum atomic E-state index is 0.363. The van der Waals surface area contributed by atoms with E-state index >= 15 is 0 Å². The van der Waals surface area contributed by atoms with Crippen LogP contribution in [0.1, 0.15) is 24.4 Å². The smallest absolute Gasteiger partial charge is 0.119 e. The van der Waals surface area contributed by atoms with E-state index in [9.17, 15) is 0 Å². The van der Waals surface area contributed by atoms with Crippen LogP contribution in [0.3, 0.4) is 0 Å². The summed E-state index contributed by atoms with van der Waals surface area (Å²) in [4.78, 5) is 4.27. The van der Waals surface area contributed by atoms with E-state index in [0.29, 0.717) is 12.6 Å². The Kier molecular flexibility index (Phi) is 4.58. The molecule has 19 heavy (non-hydrogen) atoms. The topological polar surface area (TPSA) is 39.1 Å². The second-order valence-corrected chi connectivity index (χ2v) is 4.63. The minimum absolute atomic E-state index is 0.363. The molecular formula is C15H21N3O. The molecule has 1 heterocycles. The summed E-state index contributed by atoms with van der Waals surface area (Å²) in [6.45, 7) is 2.78. The van der Waals surface area contributed by atoms with Crippen LogP contribution in [-0.2, 0) is 13.5 Å². The molecule has 1 aromatic carbocycles. The molecule has 0 saturated carbocycles.